The highest BCUT2D eigenvalue weighted by Gasteiger charge is 2.27. The molecule has 2 aromatic heterocycles. The molecule has 6 heteroatoms. The Morgan fingerprint density at radius 1 is 1.20 bits per heavy atom. The van der Waals surface area contributed by atoms with Crippen LogP contribution in [0.15, 0.2) is 41.8 Å². The third-order valence-electron chi connectivity index (χ3n) is 5.93. The van der Waals surface area contributed by atoms with Crippen molar-refractivity contribution < 1.29 is 9.59 Å². The Kier molecular flexibility index (Phi) is 5.88. The third-order valence-corrected chi connectivity index (χ3v) is 6.96. The molecule has 4 rings (SSSR count). The summed E-state index contributed by atoms with van der Waals surface area (Å²) in [5.74, 6) is -0.195. The first-order valence-electron chi connectivity index (χ1n) is 10.3. The number of carbonyl (C=O) groups is 2. The summed E-state index contributed by atoms with van der Waals surface area (Å²) in [5.41, 5.74) is 5.13. The van der Waals surface area contributed by atoms with Gasteiger partial charge in [0.05, 0.1) is 6.04 Å². The van der Waals surface area contributed by atoms with E-state index in [1.54, 1.807) is 0 Å². The Morgan fingerprint density at radius 2 is 1.97 bits per heavy atom. The predicted molar refractivity (Wildman–Crippen MR) is 120 cm³/mol. The number of hydrogen-bond donors (Lipinski definition) is 2. The van der Waals surface area contributed by atoms with Crippen LogP contribution in [-0.4, -0.2) is 34.7 Å². The Bertz CT molecular complexity index is 1070. The first-order valence-corrected chi connectivity index (χ1v) is 11.2. The van der Waals surface area contributed by atoms with Crippen LogP contribution in [0.2, 0.25) is 0 Å². The zero-order chi connectivity index (χ0) is 21.3. The number of ketones is 1. The minimum atomic E-state index is -0.169. The number of rotatable bonds is 6. The van der Waals surface area contributed by atoms with Crippen molar-refractivity contribution in [2.75, 3.05) is 13.1 Å². The monoisotopic (exact) mass is 421 g/mol. The predicted octanol–water partition coefficient (Wildman–Crippen LogP) is 4.43. The number of nitrogens with zero attached hydrogens (tertiary/aromatic N) is 1. The fourth-order valence-corrected chi connectivity index (χ4v) is 5.34. The van der Waals surface area contributed by atoms with E-state index in [1.165, 1.54) is 22.9 Å². The molecule has 5 nitrogen and oxygen atoms in total. The quantitative estimate of drug-likeness (QED) is 0.579. The van der Waals surface area contributed by atoms with Crippen LogP contribution in [-0.2, 0) is 13.0 Å². The maximum Gasteiger partial charge on any atom is 0.268 e. The third kappa shape index (κ3) is 3.98. The van der Waals surface area contributed by atoms with Crippen molar-refractivity contribution in [3.05, 3.63) is 80.3 Å². The molecule has 3 heterocycles. The van der Waals surface area contributed by atoms with Crippen LogP contribution in [0, 0.1) is 13.8 Å². The number of nitrogens with one attached hydrogen (secondary N) is 2. The van der Waals surface area contributed by atoms with Gasteiger partial charge in [0.25, 0.3) is 5.91 Å². The fraction of sp³-hybridized carbons (Fsp3) is 0.333. The summed E-state index contributed by atoms with van der Waals surface area (Å²) in [6, 6.07) is 12.6. The molecule has 0 spiro atoms. The number of Topliss-reactive ketones (excluding diaryl/α,β-unsaturated/α-hetero) is 1. The topological polar surface area (TPSA) is 65.2 Å². The highest BCUT2D eigenvalue weighted by Crippen LogP contribution is 2.30. The molecule has 0 saturated carbocycles. The summed E-state index contributed by atoms with van der Waals surface area (Å²) in [5, 5.41) is 5.28. The van der Waals surface area contributed by atoms with Gasteiger partial charge < -0.3 is 10.3 Å². The average molecular weight is 422 g/mol. The van der Waals surface area contributed by atoms with E-state index in [0.717, 1.165) is 30.8 Å². The summed E-state index contributed by atoms with van der Waals surface area (Å²) in [6.45, 7) is 7.56. The largest absolute Gasteiger partial charge is 0.354 e. The lowest BCUT2D eigenvalue weighted by Gasteiger charge is -2.35. The Balaban J connectivity index is 1.54. The first-order chi connectivity index (χ1) is 14.5. The van der Waals surface area contributed by atoms with E-state index in [-0.39, 0.29) is 17.7 Å². The van der Waals surface area contributed by atoms with Crippen molar-refractivity contribution in [1.82, 2.24) is 15.2 Å². The number of aromatic nitrogens is 1. The van der Waals surface area contributed by atoms with E-state index in [1.807, 2.05) is 43.4 Å². The zero-order valence-electron chi connectivity index (χ0n) is 17.6. The van der Waals surface area contributed by atoms with Gasteiger partial charge >= 0.3 is 0 Å². The molecular weight excluding hydrogens is 394 g/mol. The van der Waals surface area contributed by atoms with Gasteiger partial charge in [0.2, 0.25) is 0 Å². The van der Waals surface area contributed by atoms with Crippen molar-refractivity contribution in [2.45, 2.75) is 39.8 Å². The molecule has 2 N–H and O–H groups in total. The fourth-order valence-electron chi connectivity index (χ4n) is 4.45. The number of amides is 1. The van der Waals surface area contributed by atoms with Crippen LogP contribution in [0.25, 0.3) is 0 Å². The van der Waals surface area contributed by atoms with E-state index in [2.05, 4.69) is 38.8 Å². The molecule has 1 amide bonds. The molecule has 0 saturated heterocycles. The molecule has 1 aliphatic heterocycles. The minimum absolute atomic E-state index is 0.0256. The summed E-state index contributed by atoms with van der Waals surface area (Å²) in [4.78, 5) is 31.9. The van der Waals surface area contributed by atoms with Crippen LogP contribution < -0.4 is 5.32 Å². The number of H-pyrrole nitrogens is 1. The lowest BCUT2D eigenvalue weighted by molar-refractivity contribution is 0.0923. The van der Waals surface area contributed by atoms with E-state index >= 15 is 0 Å². The number of aromatic amines is 1. The first kappa shape index (κ1) is 20.6. The Morgan fingerprint density at radius 3 is 2.67 bits per heavy atom. The molecule has 30 heavy (non-hydrogen) atoms. The highest BCUT2D eigenvalue weighted by molar-refractivity contribution is 7.10. The summed E-state index contributed by atoms with van der Waals surface area (Å²) >= 11 is 1.83. The number of aryl methyl sites for hydroxylation is 1. The average Bonchev–Trinajstić information content (AvgIpc) is 3.32. The molecule has 0 bridgehead atoms. The van der Waals surface area contributed by atoms with Crippen LogP contribution in [0.5, 0.6) is 0 Å². The van der Waals surface area contributed by atoms with Crippen LogP contribution in [0.1, 0.15) is 61.1 Å². The molecule has 3 aromatic rings. The van der Waals surface area contributed by atoms with Crippen molar-refractivity contribution in [2.24, 2.45) is 0 Å². The number of fused-ring (bicyclic) bond motifs is 1. The second-order valence-electron chi connectivity index (χ2n) is 7.91. The van der Waals surface area contributed by atoms with Gasteiger partial charge in [-0.25, -0.2) is 0 Å². The van der Waals surface area contributed by atoms with Gasteiger partial charge in [-0.2, -0.15) is 0 Å². The number of benzene rings is 1. The Hall–Kier alpha value is -2.70. The van der Waals surface area contributed by atoms with Crippen LogP contribution in [0.3, 0.4) is 0 Å². The van der Waals surface area contributed by atoms with Gasteiger partial charge in [0, 0.05) is 35.8 Å². The van der Waals surface area contributed by atoms with E-state index in [0.29, 0.717) is 17.8 Å². The highest BCUT2D eigenvalue weighted by atomic mass is 32.1. The molecule has 156 valence electrons. The summed E-state index contributed by atoms with van der Waals surface area (Å²) in [6.07, 6.45) is 1.04. The standard InChI is InChI=1S/C24H27N3O2S/c1-15-22(17(3)28)16(2)26-23(15)24(29)25-13-20(18-7-5-4-6-8-18)27-11-9-21-19(14-27)10-12-30-21/h4-8,10,12,20,26H,9,11,13-14H2,1-3H3,(H,25,29)/t20-/m0/s1. The van der Waals surface area contributed by atoms with Gasteiger partial charge in [-0.15, -0.1) is 11.3 Å². The second-order valence-corrected chi connectivity index (χ2v) is 8.91. The SMILES string of the molecule is CC(=O)c1c(C)[nH]c(C(=O)NC[C@@H](c2ccccc2)N2CCc3sccc3C2)c1C. The van der Waals surface area contributed by atoms with Crippen molar-refractivity contribution in [3.8, 4) is 0 Å². The smallest absolute Gasteiger partial charge is 0.268 e. The summed E-state index contributed by atoms with van der Waals surface area (Å²) in [7, 11) is 0. The molecule has 0 radical (unpaired) electrons. The van der Waals surface area contributed by atoms with E-state index < -0.39 is 0 Å². The van der Waals surface area contributed by atoms with Crippen LogP contribution >= 0.6 is 11.3 Å². The van der Waals surface area contributed by atoms with Gasteiger partial charge in [-0.3, -0.25) is 14.5 Å². The molecular formula is C24H27N3O2S. The van der Waals surface area contributed by atoms with Crippen molar-refractivity contribution >= 4 is 23.0 Å². The lowest BCUT2D eigenvalue weighted by atomic mass is 10.0. The second kappa shape index (κ2) is 8.58. The molecule has 0 fully saturated rings. The minimum Gasteiger partial charge on any atom is -0.354 e. The summed E-state index contributed by atoms with van der Waals surface area (Å²) < 4.78 is 0. The van der Waals surface area contributed by atoms with Gasteiger partial charge in [0.1, 0.15) is 5.69 Å². The number of carbonyl (C=O) groups excluding carboxylic acids is 2. The van der Waals surface area contributed by atoms with Crippen molar-refractivity contribution in [3.63, 3.8) is 0 Å². The van der Waals surface area contributed by atoms with Crippen LogP contribution in [0.4, 0.5) is 0 Å². The molecule has 0 aliphatic carbocycles. The zero-order valence-corrected chi connectivity index (χ0v) is 18.4. The maximum atomic E-state index is 13.0. The molecule has 1 aromatic carbocycles. The van der Waals surface area contributed by atoms with E-state index in [4.69, 9.17) is 0 Å². The number of hydrogen-bond acceptors (Lipinski definition) is 4. The maximum absolute atomic E-state index is 13.0. The van der Waals surface area contributed by atoms with E-state index in [9.17, 15) is 9.59 Å². The van der Waals surface area contributed by atoms with Gasteiger partial charge in [-0.05, 0) is 55.3 Å². The molecule has 1 aliphatic rings. The van der Waals surface area contributed by atoms with Crippen molar-refractivity contribution in [1.29, 1.82) is 0 Å². The molecule has 0 unspecified atom stereocenters. The normalized spacial score (nSPS) is 14.9. The molecule has 1 atom stereocenters. The Labute approximate surface area is 181 Å². The van der Waals surface area contributed by atoms with Gasteiger partial charge in [0.15, 0.2) is 5.78 Å². The lowest BCUT2D eigenvalue weighted by Crippen LogP contribution is -2.40. The van der Waals surface area contributed by atoms with Gasteiger partial charge in [-0.1, -0.05) is 30.3 Å². The number of thiophene rings is 1.